The van der Waals surface area contributed by atoms with E-state index in [4.69, 9.17) is 20.3 Å². The van der Waals surface area contributed by atoms with Gasteiger partial charge in [-0.3, -0.25) is 4.57 Å². The van der Waals surface area contributed by atoms with Crippen molar-refractivity contribution in [1.29, 1.82) is 0 Å². The third-order valence-electron chi connectivity index (χ3n) is 2.90. The quantitative estimate of drug-likeness (QED) is 0.380. The van der Waals surface area contributed by atoms with Gasteiger partial charge in [-0.1, -0.05) is 25.6 Å². The van der Waals surface area contributed by atoms with Crippen molar-refractivity contribution in [3.8, 4) is 0 Å². The number of hydrogen-bond donors (Lipinski definition) is 3. The average Bonchev–Trinajstić information content (AvgIpc) is 2.76. The minimum Gasteiger partial charge on any atom is -0.382 e. The lowest BCUT2D eigenvalue weighted by molar-refractivity contribution is 0.136. The summed E-state index contributed by atoms with van der Waals surface area (Å²) in [4.78, 5) is 30.7. The number of hydrogen-bond acceptors (Lipinski definition) is 7. The molecule has 2 aromatic heterocycles. The smallest absolute Gasteiger partial charge is 0.350 e. The average molecular weight is 361 g/mol. The fourth-order valence-corrected chi connectivity index (χ4v) is 2.76. The maximum absolute atomic E-state index is 10.9. The first-order chi connectivity index (χ1) is 10.7. The van der Waals surface area contributed by atoms with Gasteiger partial charge >= 0.3 is 7.60 Å². The van der Waals surface area contributed by atoms with Crippen LogP contribution in [0.3, 0.4) is 0 Å². The molecule has 2 rings (SSSR count). The number of fused-ring (bicyclic) bond motifs is 1. The molecule has 11 heteroatoms. The number of nitrogens with zero attached hydrogens (tertiary/aromatic N) is 4. The molecule has 4 N–H and O–H groups in total. The third kappa shape index (κ3) is 4.65. The van der Waals surface area contributed by atoms with Crippen molar-refractivity contribution in [2.45, 2.75) is 32.2 Å². The molecule has 0 bridgehead atoms. The fourth-order valence-electron chi connectivity index (χ4n) is 2.06. The van der Waals surface area contributed by atoms with Crippen molar-refractivity contribution >= 4 is 36.3 Å². The zero-order valence-electron chi connectivity index (χ0n) is 13.1. The van der Waals surface area contributed by atoms with Gasteiger partial charge in [0.05, 0.1) is 0 Å². The Kier molecular flexibility index (Phi) is 5.64. The highest BCUT2D eigenvalue weighted by atomic mass is 32.2. The van der Waals surface area contributed by atoms with E-state index in [0.717, 1.165) is 0 Å². The second-order valence-corrected chi connectivity index (χ2v) is 7.80. The minimum absolute atomic E-state index is 0.0395. The lowest BCUT2D eigenvalue weighted by Gasteiger charge is -2.12. The molecule has 0 spiro atoms. The third-order valence-corrected chi connectivity index (χ3v) is 3.97. The molecule has 0 saturated carbocycles. The largest absolute Gasteiger partial charge is 0.382 e. The van der Waals surface area contributed by atoms with E-state index in [2.05, 4.69) is 15.0 Å². The van der Waals surface area contributed by atoms with Gasteiger partial charge in [0.1, 0.15) is 18.8 Å². The molecule has 0 aliphatic carbocycles. The molecule has 0 unspecified atom stereocenters. The lowest BCUT2D eigenvalue weighted by Crippen LogP contribution is -2.11. The number of imidazole rings is 1. The summed E-state index contributed by atoms with van der Waals surface area (Å²) in [7, 11) is -4.22. The molecule has 0 atom stereocenters. The highest BCUT2D eigenvalue weighted by molar-refractivity contribution is 7.98. The van der Waals surface area contributed by atoms with E-state index in [0.29, 0.717) is 34.6 Å². The molecule has 0 saturated heterocycles. The summed E-state index contributed by atoms with van der Waals surface area (Å²) < 4.78 is 17.8. The molecular formula is C12H20N5O4PS. The van der Waals surface area contributed by atoms with E-state index in [1.165, 1.54) is 11.8 Å². The van der Waals surface area contributed by atoms with Crippen molar-refractivity contribution in [2.24, 2.45) is 5.92 Å². The number of aromatic nitrogens is 4. The predicted octanol–water partition coefficient (Wildman–Crippen LogP) is 1.44. The molecule has 0 radical (unpaired) electrons. The standard InChI is InChI=1S/C12H20N5O4PS/c1-7(2)4-17-8(5-21-6-22(18,19)20)14-9-10(13)15-12(23-3)16-11(9)17/h7H,4-6H2,1-3H3,(H2,13,15,16)(H2,18,19,20). The van der Waals surface area contributed by atoms with Crippen LogP contribution in [-0.4, -0.2) is 41.9 Å². The van der Waals surface area contributed by atoms with E-state index < -0.39 is 13.9 Å². The Morgan fingerprint density at radius 2 is 2.04 bits per heavy atom. The van der Waals surface area contributed by atoms with E-state index >= 15 is 0 Å². The van der Waals surface area contributed by atoms with Crippen LogP contribution < -0.4 is 5.73 Å². The Morgan fingerprint density at radius 3 is 2.61 bits per heavy atom. The van der Waals surface area contributed by atoms with Crippen LogP contribution in [0.2, 0.25) is 0 Å². The molecule has 2 heterocycles. The van der Waals surface area contributed by atoms with Crippen molar-refractivity contribution in [3.63, 3.8) is 0 Å². The van der Waals surface area contributed by atoms with Crippen molar-refractivity contribution < 1.29 is 19.1 Å². The van der Waals surface area contributed by atoms with Gasteiger partial charge in [-0.2, -0.15) is 0 Å². The minimum atomic E-state index is -4.22. The molecular weight excluding hydrogens is 341 g/mol. The molecule has 9 nitrogen and oxygen atoms in total. The molecule has 128 valence electrons. The summed E-state index contributed by atoms with van der Waals surface area (Å²) in [6, 6.07) is 0. The topological polar surface area (TPSA) is 136 Å². The number of nitrogen functional groups attached to an aromatic ring is 1. The maximum Gasteiger partial charge on any atom is 0.350 e. The highest BCUT2D eigenvalue weighted by Crippen LogP contribution is 2.34. The number of rotatable bonds is 7. The van der Waals surface area contributed by atoms with Gasteiger partial charge in [-0.25, -0.2) is 15.0 Å². The second-order valence-electron chi connectivity index (χ2n) is 5.44. The van der Waals surface area contributed by atoms with Gasteiger partial charge in [0, 0.05) is 6.54 Å². The summed E-state index contributed by atoms with van der Waals surface area (Å²) in [5, 5.41) is 0.544. The lowest BCUT2D eigenvalue weighted by atomic mass is 10.2. The molecule has 0 aliphatic heterocycles. The fraction of sp³-hybridized carbons (Fsp3) is 0.583. The summed E-state index contributed by atoms with van der Waals surface area (Å²) >= 11 is 1.38. The summed E-state index contributed by atoms with van der Waals surface area (Å²) in [6.45, 7) is 4.69. The monoisotopic (exact) mass is 361 g/mol. The van der Waals surface area contributed by atoms with Gasteiger partial charge in [-0.15, -0.1) is 0 Å². The van der Waals surface area contributed by atoms with E-state index in [-0.39, 0.29) is 12.4 Å². The normalized spacial score (nSPS) is 12.4. The summed E-state index contributed by atoms with van der Waals surface area (Å²) in [5.41, 5.74) is 7.01. The first-order valence-electron chi connectivity index (χ1n) is 6.90. The number of ether oxygens (including phenoxy) is 1. The van der Waals surface area contributed by atoms with Gasteiger partial charge in [0.25, 0.3) is 0 Å². The van der Waals surface area contributed by atoms with E-state index in [1.54, 1.807) is 0 Å². The summed E-state index contributed by atoms with van der Waals surface area (Å²) in [5.74, 6) is 1.11. The van der Waals surface area contributed by atoms with Crippen LogP contribution in [0.15, 0.2) is 5.16 Å². The van der Waals surface area contributed by atoms with Crippen LogP contribution in [0.25, 0.3) is 11.2 Å². The second kappa shape index (κ2) is 7.14. The number of nitrogens with two attached hydrogens (primary N) is 1. The molecule has 0 amide bonds. The highest BCUT2D eigenvalue weighted by Gasteiger charge is 2.19. The van der Waals surface area contributed by atoms with Gasteiger partial charge < -0.3 is 24.8 Å². The zero-order chi connectivity index (χ0) is 17.2. The van der Waals surface area contributed by atoms with Crippen LogP contribution in [0.4, 0.5) is 5.82 Å². The van der Waals surface area contributed by atoms with Gasteiger partial charge in [0.15, 0.2) is 22.1 Å². The maximum atomic E-state index is 10.9. The Balaban J connectivity index is 2.41. The molecule has 0 aliphatic rings. The van der Waals surface area contributed by atoms with Crippen molar-refractivity contribution in [1.82, 2.24) is 19.5 Å². The molecule has 0 aromatic carbocycles. The van der Waals surface area contributed by atoms with Gasteiger partial charge in [0.2, 0.25) is 0 Å². The first kappa shape index (κ1) is 18.2. The van der Waals surface area contributed by atoms with Crippen molar-refractivity contribution in [2.75, 3.05) is 18.3 Å². The van der Waals surface area contributed by atoms with Crippen LogP contribution in [0, 0.1) is 5.92 Å². The number of anilines is 1. The Morgan fingerprint density at radius 1 is 1.35 bits per heavy atom. The molecule has 23 heavy (non-hydrogen) atoms. The van der Waals surface area contributed by atoms with E-state index in [1.807, 2.05) is 24.7 Å². The Bertz CT molecular complexity index is 745. The predicted molar refractivity (Wildman–Crippen MR) is 88.1 cm³/mol. The molecule has 2 aromatic rings. The first-order valence-corrected chi connectivity index (χ1v) is 9.92. The Labute approximate surface area is 137 Å². The summed E-state index contributed by atoms with van der Waals surface area (Å²) in [6.07, 6.45) is 1.20. The van der Waals surface area contributed by atoms with E-state index in [9.17, 15) is 4.57 Å². The Hall–Kier alpha value is -1.19. The zero-order valence-corrected chi connectivity index (χ0v) is 14.8. The molecule has 0 fully saturated rings. The number of thioether (sulfide) groups is 1. The van der Waals surface area contributed by atoms with Crippen LogP contribution in [0.1, 0.15) is 19.7 Å². The SMILES string of the molecule is CSc1nc(N)c2nc(COCP(=O)(O)O)n(CC(C)C)c2n1. The van der Waals surface area contributed by atoms with Gasteiger partial charge in [-0.05, 0) is 12.2 Å². The van der Waals surface area contributed by atoms with Crippen LogP contribution >= 0.6 is 19.4 Å². The van der Waals surface area contributed by atoms with Crippen LogP contribution in [0.5, 0.6) is 0 Å². The van der Waals surface area contributed by atoms with Crippen molar-refractivity contribution in [3.05, 3.63) is 5.82 Å². The van der Waals surface area contributed by atoms with Crippen LogP contribution in [-0.2, 0) is 22.5 Å².